The number of amides is 3. The molecule has 3 heterocycles. The van der Waals surface area contributed by atoms with Crippen molar-refractivity contribution in [1.82, 2.24) is 20.3 Å². The standard InChI is InChI=1S/C32H44N4O10S/c1-32(2,12-13-34-30(38)33-3)19-36(47(40,41)22-9-10-26-27(16-22)45-20-44-26)17-25(37)24(15-21-7-5-4-6-8-21)35-31(39)46-28-18-43-29-23(28)11-14-42-29/h4-10,16,23-25,28-29,37H,11-15,17-20H2,1-3H3,(H,35,39)(H2,33,34,38)/t23-,24-,25+,28-,29+/m0/s1. The number of ether oxygens (including phenoxy) is 5. The van der Waals surface area contributed by atoms with Crippen LogP contribution in [0.25, 0.3) is 0 Å². The molecular weight excluding hydrogens is 632 g/mol. The van der Waals surface area contributed by atoms with Gasteiger partial charge in [0.2, 0.25) is 16.8 Å². The molecule has 14 nitrogen and oxygen atoms in total. The highest BCUT2D eigenvalue weighted by atomic mass is 32.2. The van der Waals surface area contributed by atoms with Crippen LogP contribution in [0, 0.1) is 11.3 Å². The van der Waals surface area contributed by atoms with E-state index in [-0.39, 0.29) is 49.8 Å². The molecule has 15 heteroatoms. The van der Waals surface area contributed by atoms with Crippen molar-refractivity contribution < 1.29 is 46.8 Å². The molecule has 5 rings (SSSR count). The van der Waals surface area contributed by atoms with E-state index in [0.29, 0.717) is 37.5 Å². The third-order valence-electron chi connectivity index (χ3n) is 8.60. The third-order valence-corrected chi connectivity index (χ3v) is 10.4. The number of aliphatic hydroxyl groups is 1. The monoisotopic (exact) mass is 676 g/mol. The number of carbonyl (C=O) groups excluding carboxylic acids is 2. The van der Waals surface area contributed by atoms with Crippen LogP contribution < -0.4 is 25.4 Å². The summed E-state index contributed by atoms with van der Waals surface area (Å²) in [6.45, 7) is 4.44. The topological polar surface area (TPSA) is 174 Å². The quantitative estimate of drug-likeness (QED) is 0.232. The first-order chi connectivity index (χ1) is 22.4. The first-order valence-corrected chi connectivity index (χ1v) is 17.2. The Morgan fingerprint density at radius 3 is 2.64 bits per heavy atom. The van der Waals surface area contributed by atoms with E-state index >= 15 is 0 Å². The van der Waals surface area contributed by atoms with Crippen molar-refractivity contribution in [3.63, 3.8) is 0 Å². The van der Waals surface area contributed by atoms with Gasteiger partial charge < -0.3 is 44.7 Å². The van der Waals surface area contributed by atoms with E-state index in [9.17, 15) is 23.1 Å². The van der Waals surface area contributed by atoms with E-state index in [1.165, 1.54) is 29.6 Å². The Labute approximate surface area is 275 Å². The molecule has 5 atom stereocenters. The molecule has 0 unspecified atom stereocenters. The van der Waals surface area contributed by atoms with E-state index in [4.69, 9.17) is 23.7 Å². The summed E-state index contributed by atoms with van der Waals surface area (Å²) >= 11 is 0. The number of urea groups is 1. The molecule has 2 aromatic carbocycles. The number of nitrogens with one attached hydrogen (secondary N) is 3. The van der Waals surface area contributed by atoms with Crippen LogP contribution >= 0.6 is 0 Å². The maximum atomic E-state index is 14.2. The van der Waals surface area contributed by atoms with Crippen LogP contribution in [0.1, 0.15) is 32.3 Å². The Balaban J connectivity index is 1.37. The molecule has 3 aliphatic rings. The lowest BCUT2D eigenvalue weighted by Gasteiger charge is -2.35. The second-order valence-electron chi connectivity index (χ2n) is 12.7. The Bertz CT molecular complexity index is 1490. The number of carbonyl (C=O) groups is 2. The van der Waals surface area contributed by atoms with Crippen LogP contribution in [0.5, 0.6) is 11.5 Å². The first-order valence-electron chi connectivity index (χ1n) is 15.7. The van der Waals surface area contributed by atoms with Gasteiger partial charge in [-0.05, 0) is 42.4 Å². The molecular formula is C32H44N4O10S. The highest BCUT2D eigenvalue weighted by Crippen LogP contribution is 2.36. The van der Waals surface area contributed by atoms with E-state index < -0.39 is 46.1 Å². The van der Waals surface area contributed by atoms with Crippen LogP contribution in [-0.4, -0.2) is 101 Å². The third kappa shape index (κ3) is 8.84. The number of hydrogen-bond acceptors (Lipinski definition) is 10. The SMILES string of the molecule is CNC(=O)NCCC(C)(C)CN(C[C@@H](O)[C@H](Cc1ccccc1)NC(=O)O[C@H]1CO[C@H]2OCC[C@H]21)S(=O)(=O)c1ccc2c(c1)OCO2. The molecule has 0 aliphatic carbocycles. The molecule has 0 aromatic heterocycles. The molecule has 3 aliphatic heterocycles. The van der Waals surface area contributed by atoms with E-state index in [1.54, 1.807) is 0 Å². The van der Waals surface area contributed by atoms with Gasteiger partial charge in [-0.2, -0.15) is 4.31 Å². The molecule has 0 bridgehead atoms. The Morgan fingerprint density at radius 2 is 1.87 bits per heavy atom. The average Bonchev–Trinajstić information content (AvgIpc) is 3.79. The Hall–Kier alpha value is -3.63. The largest absolute Gasteiger partial charge is 0.454 e. The minimum atomic E-state index is -4.20. The van der Waals surface area contributed by atoms with Crippen molar-refractivity contribution in [3.8, 4) is 11.5 Å². The van der Waals surface area contributed by atoms with Gasteiger partial charge in [-0.25, -0.2) is 18.0 Å². The van der Waals surface area contributed by atoms with Crippen LogP contribution in [0.15, 0.2) is 53.4 Å². The summed E-state index contributed by atoms with van der Waals surface area (Å²) < 4.78 is 57.3. The lowest BCUT2D eigenvalue weighted by Crippen LogP contribution is -2.52. The smallest absolute Gasteiger partial charge is 0.407 e. The second-order valence-corrected chi connectivity index (χ2v) is 14.6. The first kappa shape index (κ1) is 34.7. The summed E-state index contributed by atoms with van der Waals surface area (Å²) in [5, 5.41) is 19.7. The van der Waals surface area contributed by atoms with E-state index in [2.05, 4.69) is 16.0 Å². The summed E-state index contributed by atoms with van der Waals surface area (Å²) in [6, 6.07) is 12.4. The number of alkyl carbamates (subject to hydrolysis) is 1. The van der Waals surface area contributed by atoms with Gasteiger partial charge in [0.25, 0.3) is 0 Å². The van der Waals surface area contributed by atoms with E-state index in [1.807, 2.05) is 44.2 Å². The highest BCUT2D eigenvalue weighted by molar-refractivity contribution is 7.89. The molecule has 47 heavy (non-hydrogen) atoms. The summed E-state index contributed by atoms with van der Waals surface area (Å²) in [7, 11) is -2.68. The Morgan fingerprint density at radius 1 is 1.11 bits per heavy atom. The fourth-order valence-electron chi connectivity index (χ4n) is 5.95. The van der Waals surface area contributed by atoms with Gasteiger partial charge in [0, 0.05) is 32.7 Å². The number of benzene rings is 2. The molecule has 2 saturated heterocycles. The maximum absolute atomic E-state index is 14.2. The number of rotatable bonds is 14. The number of fused-ring (bicyclic) bond motifs is 2. The number of nitrogens with zero attached hydrogens (tertiary/aromatic N) is 1. The fraction of sp³-hybridized carbons (Fsp3) is 0.562. The van der Waals surface area contributed by atoms with Gasteiger partial charge in [-0.3, -0.25) is 0 Å². The zero-order valence-electron chi connectivity index (χ0n) is 26.8. The summed E-state index contributed by atoms with van der Waals surface area (Å²) in [5.74, 6) is 0.670. The molecule has 4 N–H and O–H groups in total. The van der Waals surface area contributed by atoms with Crippen LogP contribution in [0.3, 0.4) is 0 Å². The summed E-state index contributed by atoms with van der Waals surface area (Å²) in [4.78, 5) is 24.9. The van der Waals surface area contributed by atoms with E-state index in [0.717, 1.165) is 5.56 Å². The van der Waals surface area contributed by atoms with Crippen molar-refractivity contribution in [3.05, 3.63) is 54.1 Å². The van der Waals surface area contributed by atoms with Crippen molar-refractivity contribution in [2.75, 3.05) is 46.7 Å². The number of sulfonamides is 1. The van der Waals surface area contributed by atoms with Crippen LogP contribution in [0.2, 0.25) is 0 Å². The zero-order valence-corrected chi connectivity index (χ0v) is 27.7. The van der Waals surface area contributed by atoms with Crippen molar-refractivity contribution >= 4 is 22.1 Å². The van der Waals surface area contributed by atoms with Gasteiger partial charge >= 0.3 is 12.1 Å². The lowest BCUT2D eigenvalue weighted by molar-refractivity contribution is -0.0907. The van der Waals surface area contributed by atoms with Crippen LogP contribution in [0.4, 0.5) is 9.59 Å². The summed E-state index contributed by atoms with van der Waals surface area (Å²) in [5.41, 5.74) is 0.199. The summed E-state index contributed by atoms with van der Waals surface area (Å²) in [6.07, 6.45) is -1.61. The van der Waals surface area contributed by atoms with Gasteiger partial charge in [0.1, 0.15) is 6.10 Å². The molecule has 258 valence electrons. The van der Waals surface area contributed by atoms with Gasteiger partial charge in [0.05, 0.1) is 36.2 Å². The van der Waals surface area contributed by atoms with Crippen molar-refractivity contribution in [1.29, 1.82) is 0 Å². The molecule has 0 radical (unpaired) electrons. The van der Waals surface area contributed by atoms with Gasteiger partial charge in [-0.15, -0.1) is 0 Å². The molecule has 0 spiro atoms. The number of hydrogen-bond donors (Lipinski definition) is 4. The van der Waals surface area contributed by atoms with Gasteiger partial charge in [-0.1, -0.05) is 44.2 Å². The predicted molar refractivity (Wildman–Crippen MR) is 169 cm³/mol. The average molecular weight is 677 g/mol. The second kappa shape index (κ2) is 15.1. The highest BCUT2D eigenvalue weighted by Gasteiger charge is 2.44. The Kier molecular flexibility index (Phi) is 11.1. The minimum Gasteiger partial charge on any atom is -0.454 e. The van der Waals surface area contributed by atoms with Crippen molar-refractivity contribution in [2.45, 2.75) is 62.5 Å². The van der Waals surface area contributed by atoms with Gasteiger partial charge in [0.15, 0.2) is 17.8 Å². The van der Waals surface area contributed by atoms with Crippen LogP contribution in [-0.2, 0) is 30.7 Å². The lowest BCUT2D eigenvalue weighted by atomic mass is 9.89. The fourth-order valence-corrected chi connectivity index (χ4v) is 7.61. The molecule has 3 amide bonds. The normalized spacial score (nSPS) is 21.6. The molecule has 2 fully saturated rings. The maximum Gasteiger partial charge on any atom is 0.407 e. The molecule has 2 aromatic rings. The molecule has 0 saturated carbocycles. The van der Waals surface area contributed by atoms with Crippen molar-refractivity contribution in [2.24, 2.45) is 11.3 Å². The number of aliphatic hydroxyl groups excluding tert-OH is 1. The predicted octanol–water partition coefficient (Wildman–Crippen LogP) is 2.21. The zero-order chi connectivity index (χ0) is 33.6. The minimum absolute atomic E-state index is 0.00123.